The molecule has 1 nitrogen and oxygen atoms in total. The van der Waals surface area contributed by atoms with E-state index in [4.69, 9.17) is 23.2 Å². The first-order valence-corrected chi connectivity index (χ1v) is 5.19. The van der Waals surface area contributed by atoms with Gasteiger partial charge >= 0.3 is 0 Å². The largest absolute Gasteiger partial charge is 0.387 e. The minimum absolute atomic E-state index is 0.262. The van der Waals surface area contributed by atoms with E-state index in [1.807, 2.05) is 0 Å². The molecule has 0 aromatic carbocycles. The Morgan fingerprint density at radius 1 is 1.50 bits per heavy atom. The Bertz CT molecular complexity index is 215. The van der Waals surface area contributed by atoms with Gasteiger partial charge in [-0.3, -0.25) is 0 Å². The molecule has 3 heteroatoms. The Morgan fingerprint density at radius 2 is 2.25 bits per heavy atom. The number of aliphatic hydroxyl groups is 1. The van der Waals surface area contributed by atoms with Gasteiger partial charge in [0, 0.05) is 5.92 Å². The number of rotatable bonds is 1. The van der Waals surface area contributed by atoms with Crippen LogP contribution >= 0.6 is 23.2 Å². The van der Waals surface area contributed by atoms with Crippen molar-refractivity contribution >= 4 is 23.2 Å². The number of fused-ring (bicyclic) bond motifs is 1. The van der Waals surface area contributed by atoms with Crippen molar-refractivity contribution in [3.05, 3.63) is 12.2 Å². The Kier molecular flexibility index (Phi) is 2.14. The summed E-state index contributed by atoms with van der Waals surface area (Å²) in [6, 6.07) is 0. The molecule has 3 atom stereocenters. The molecule has 0 radical (unpaired) electrons. The first-order chi connectivity index (χ1) is 5.64. The van der Waals surface area contributed by atoms with Crippen molar-refractivity contribution in [2.45, 2.75) is 29.7 Å². The number of allylic oxidation sites excluding steroid dienone is 2. The number of alkyl halides is 2. The molecule has 0 spiro atoms. The van der Waals surface area contributed by atoms with E-state index in [0.717, 1.165) is 19.3 Å². The molecule has 2 rings (SSSR count). The Balaban J connectivity index is 2.20. The van der Waals surface area contributed by atoms with E-state index < -0.39 is 10.4 Å². The molecule has 12 heavy (non-hydrogen) atoms. The van der Waals surface area contributed by atoms with E-state index in [1.54, 1.807) is 0 Å². The minimum Gasteiger partial charge on any atom is -0.387 e. The first-order valence-electron chi connectivity index (χ1n) is 4.32. The van der Waals surface area contributed by atoms with Crippen LogP contribution < -0.4 is 0 Å². The zero-order valence-electron chi connectivity index (χ0n) is 6.71. The third kappa shape index (κ3) is 1.11. The molecule has 1 saturated carbocycles. The van der Waals surface area contributed by atoms with E-state index >= 15 is 0 Å². The second kappa shape index (κ2) is 2.90. The monoisotopic (exact) mass is 206 g/mol. The van der Waals surface area contributed by atoms with Crippen LogP contribution in [0.15, 0.2) is 12.2 Å². The van der Waals surface area contributed by atoms with Crippen LogP contribution in [0.2, 0.25) is 0 Å². The topological polar surface area (TPSA) is 20.2 Å². The van der Waals surface area contributed by atoms with Crippen molar-refractivity contribution in [1.29, 1.82) is 0 Å². The van der Waals surface area contributed by atoms with E-state index in [2.05, 4.69) is 12.2 Å². The maximum Gasteiger partial charge on any atom is 0.136 e. The predicted molar refractivity (Wildman–Crippen MR) is 50.4 cm³/mol. The summed E-state index contributed by atoms with van der Waals surface area (Å²) < 4.78 is 0. The van der Waals surface area contributed by atoms with Gasteiger partial charge in [-0.25, -0.2) is 0 Å². The summed E-state index contributed by atoms with van der Waals surface area (Å²) in [5.41, 5.74) is -0.836. The van der Waals surface area contributed by atoms with Crippen LogP contribution in [-0.2, 0) is 0 Å². The fourth-order valence-electron chi connectivity index (χ4n) is 2.44. The number of hydrogen-bond acceptors (Lipinski definition) is 1. The third-order valence-corrected chi connectivity index (χ3v) is 3.94. The van der Waals surface area contributed by atoms with Crippen LogP contribution in [0.4, 0.5) is 0 Å². The maximum atomic E-state index is 10.1. The van der Waals surface area contributed by atoms with Gasteiger partial charge in [0.15, 0.2) is 0 Å². The molecular weight excluding hydrogens is 195 g/mol. The lowest BCUT2D eigenvalue weighted by Gasteiger charge is -2.30. The molecule has 1 fully saturated rings. The summed E-state index contributed by atoms with van der Waals surface area (Å²) in [6.07, 6.45) is 6.99. The SMILES string of the molecule is O[C@@]1(C(Cl)Cl)CC[C@H]2C=CC[C@H]21. The first kappa shape index (κ1) is 8.86. The van der Waals surface area contributed by atoms with Crippen molar-refractivity contribution in [2.24, 2.45) is 11.8 Å². The summed E-state index contributed by atoms with van der Waals surface area (Å²) in [5.74, 6) is 0.771. The smallest absolute Gasteiger partial charge is 0.136 e. The average Bonchev–Trinajstić information content (AvgIpc) is 2.54. The van der Waals surface area contributed by atoms with Gasteiger partial charge in [-0.05, 0) is 25.2 Å². The molecular formula is C9H12Cl2O. The molecule has 0 amide bonds. The molecule has 2 aliphatic carbocycles. The highest BCUT2D eigenvalue weighted by Gasteiger charge is 2.51. The lowest BCUT2D eigenvalue weighted by molar-refractivity contribution is 0.0132. The Labute approximate surface area is 82.4 Å². The maximum absolute atomic E-state index is 10.1. The zero-order valence-corrected chi connectivity index (χ0v) is 8.22. The predicted octanol–water partition coefficient (Wildman–Crippen LogP) is 2.51. The highest BCUT2D eigenvalue weighted by atomic mass is 35.5. The molecule has 1 N–H and O–H groups in total. The van der Waals surface area contributed by atoms with Gasteiger partial charge < -0.3 is 5.11 Å². The third-order valence-electron chi connectivity index (χ3n) is 3.19. The molecule has 2 aliphatic rings. The second-order valence-electron chi connectivity index (χ2n) is 3.76. The quantitative estimate of drug-likeness (QED) is 0.517. The van der Waals surface area contributed by atoms with Crippen molar-refractivity contribution in [3.8, 4) is 0 Å². The molecule has 0 unspecified atom stereocenters. The lowest BCUT2D eigenvalue weighted by Crippen LogP contribution is -2.40. The van der Waals surface area contributed by atoms with Gasteiger partial charge in [0.2, 0.25) is 0 Å². The van der Waals surface area contributed by atoms with Gasteiger partial charge in [-0.2, -0.15) is 0 Å². The van der Waals surface area contributed by atoms with Gasteiger partial charge in [0.25, 0.3) is 0 Å². The van der Waals surface area contributed by atoms with Crippen LogP contribution in [0.25, 0.3) is 0 Å². The minimum atomic E-state index is -0.836. The molecule has 0 aliphatic heterocycles. The van der Waals surface area contributed by atoms with Crippen LogP contribution in [0.1, 0.15) is 19.3 Å². The summed E-state index contributed by atoms with van der Waals surface area (Å²) in [6.45, 7) is 0. The Hall–Kier alpha value is 0.280. The zero-order chi connectivity index (χ0) is 8.77. The van der Waals surface area contributed by atoms with E-state index in [1.165, 1.54) is 0 Å². The highest BCUT2D eigenvalue weighted by molar-refractivity contribution is 6.45. The molecule has 0 aromatic rings. The van der Waals surface area contributed by atoms with Gasteiger partial charge in [-0.15, -0.1) is 23.2 Å². The molecule has 0 aromatic heterocycles. The van der Waals surface area contributed by atoms with Crippen LogP contribution in [0.5, 0.6) is 0 Å². The van der Waals surface area contributed by atoms with E-state index in [9.17, 15) is 5.11 Å². The van der Waals surface area contributed by atoms with E-state index in [0.29, 0.717) is 5.92 Å². The lowest BCUT2D eigenvalue weighted by atomic mass is 9.88. The van der Waals surface area contributed by atoms with Gasteiger partial charge in [0.1, 0.15) is 4.84 Å². The van der Waals surface area contributed by atoms with Gasteiger partial charge in [-0.1, -0.05) is 12.2 Å². The van der Waals surface area contributed by atoms with Crippen molar-refractivity contribution in [2.75, 3.05) is 0 Å². The average molecular weight is 207 g/mol. The van der Waals surface area contributed by atoms with Crippen LogP contribution in [-0.4, -0.2) is 15.5 Å². The second-order valence-corrected chi connectivity index (χ2v) is 4.86. The molecule has 0 heterocycles. The fraction of sp³-hybridized carbons (Fsp3) is 0.778. The van der Waals surface area contributed by atoms with E-state index in [-0.39, 0.29) is 5.92 Å². The Morgan fingerprint density at radius 3 is 2.92 bits per heavy atom. The van der Waals surface area contributed by atoms with Crippen LogP contribution in [0, 0.1) is 11.8 Å². The van der Waals surface area contributed by atoms with Crippen molar-refractivity contribution in [1.82, 2.24) is 0 Å². The van der Waals surface area contributed by atoms with Crippen molar-refractivity contribution in [3.63, 3.8) is 0 Å². The van der Waals surface area contributed by atoms with Crippen LogP contribution in [0.3, 0.4) is 0 Å². The molecule has 68 valence electrons. The fourth-order valence-corrected chi connectivity index (χ4v) is 2.98. The number of hydrogen-bond donors (Lipinski definition) is 1. The summed E-state index contributed by atoms with van der Waals surface area (Å²) in [4.78, 5) is -0.646. The standard InChI is InChI=1S/C9H12Cl2O/c10-8(11)9(12)5-4-6-2-1-3-7(6)9/h1-2,6-8,12H,3-5H2/t6-,7-,9+/m1/s1. The van der Waals surface area contributed by atoms with Crippen molar-refractivity contribution < 1.29 is 5.11 Å². The molecule has 0 saturated heterocycles. The summed E-state index contributed by atoms with van der Waals surface area (Å²) in [7, 11) is 0. The number of halogens is 2. The molecule has 0 bridgehead atoms. The highest BCUT2D eigenvalue weighted by Crippen LogP contribution is 2.50. The summed E-state index contributed by atoms with van der Waals surface area (Å²) in [5, 5.41) is 10.1. The van der Waals surface area contributed by atoms with Gasteiger partial charge in [0.05, 0.1) is 5.60 Å². The normalized spacial score (nSPS) is 45.7. The summed E-state index contributed by atoms with van der Waals surface area (Å²) >= 11 is 11.6.